The smallest absolute Gasteiger partial charge is 0.356 e. The Hall–Kier alpha value is -2.50. The van der Waals surface area contributed by atoms with Crippen molar-refractivity contribution in [1.29, 1.82) is 0 Å². The fourth-order valence-electron chi connectivity index (χ4n) is 1.68. The van der Waals surface area contributed by atoms with Gasteiger partial charge in [0, 0.05) is 18.2 Å². The molecule has 92 valence electrons. The van der Waals surface area contributed by atoms with Crippen LogP contribution >= 0.6 is 0 Å². The number of hydrogen-bond acceptors (Lipinski definition) is 3. The Morgan fingerprint density at radius 1 is 1.44 bits per heavy atom. The van der Waals surface area contributed by atoms with Crippen LogP contribution in [-0.2, 0) is 7.05 Å². The molecule has 6 heteroatoms. The second kappa shape index (κ2) is 4.40. The minimum absolute atomic E-state index is 0.159. The molecule has 0 unspecified atom stereocenters. The zero-order valence-corrected chi connectivity index (χ0v) is 9.42. The van der Waals surface area contributed by atoms with E-state index >= 15 is 0 Å². The highest BCUT2D eigenvalue weighted by Crippen LogP contribution is 2.24. The first-order valence-electron chi connectivity index (χ1n) is 5.05. The molecule has 1 heterocycles. The fourth-order valence-corrected chi connectivity index (χ4v) is 1.68. The van der Waals surface area contributed by atoms with E-state index < -0.39 is 11.8 Å². The van der Waals surface area contributed by atoms with E-state index in [4.69, 9.17) is 5.11 Å². The zero-order chi connectivity index (χ0) is 13.3. The van der Waals surface area contributed by atoms with Gasteiger partial charge in [0.15, 0.2) is 12.0 Å². The molecule has 0 aliphatic rings. The monoisotopic (exact) mass is 248 g/mol. The van der Waals surface area contributed by atoms with Gasteiger partial charge in [0.05, 0.1) is 5.69 Å². The van der Waals surface area contributed by atoms with Crippen LogP contribution < -0.4 is 0 Å². The average molecular weight is 248 g/mol. The van der Waals surface area contributed by atoms with Crippen molar-refractivity contribution < 1.29 is 19.1 Å². The number of carbonyl (C=O) groups excluding carboxylic acids is 1. The van der Waals surface area contributed by atoms with Crippen LogP contribution in [0.2, 0.25) is 0 Å². The number of aldehydes is 1. The van der Waals surface area contributed by atoms with E-state index in [9.17, 15) is 14.0 Å². The summed E-state index contributed by atoms with van der Waals surface area (Å²) >= 11 is 0. The van der Waals surface area contributed by atoms with Crippen molar-refractivity contribution in [1.82, 2.24) is 9.78 Å². The van der Waals surface area contributed by atoms with Gasteiger partial charge in [-0.15, -0.1) is 0 Å². The molecule has 2 aromatic rings. The maximum absolute atomic E-state index is 13.2. The number of benzene rings is 1. The Kier molecular flexibility index (Phi) is 2.93. The van der Waals surface area contributed by atoms with Crippen molar-refractivity contribution in [3.63, 3.8) is 0 Å². The summed E-state index contributed by atoms with van der Waals surface area (Å²) < 4.78 is 14.5. The molecule has 0 aliphatic carbocycles. The maximum atomic E-state index is 13.2. The van der Waals surface area contributed by atoms with Crippen molar-refractivity contribution in [3.05, 3.63) is 41.3 Å². The van der Waals surface area contributed by atoms with Crippen LogP contribution in [-0.4, -0.2) is 27.1 Å². The number of rotatable bonds is 3. The van der Waals surface area contributed by atoms with E-state index in [0.29, 0.717) is 17.5 Å². The van der Waals surface area contributed by atoms with Crippen LogP contribution in [0.25, 0.3) is 11.3 Å². The van der Waals surface area contributed by atoms with Crippen molar-refractivity contribution >= 4 is 12.3 Å². The lowest BCUT2D eigenvalue weighted by molar-refractivity contribution is 0.0689. The molecule has 0 radical (unpaired) electrons. The summed E-state index contributed by atoms with van der Waals surface area (Å²) in [5.41, 5.74) is 0.798. The van der Waals surface area contributed by atoms with E-state index in [-0.39, 0.29) is 11.3 Å². The maximum Gasteiger partial charge on any atom is 0.356 e. The third kappa shape index (κ3) is 2.00. The molecule has 0 saturated heterocycles. The van der Waals surface area contributed by atoms with E-state index in [1.165, 1.54) is 36.0 Å². The predicted molar refractivity (Wildman–Crippen MR) is 60.9 cm³/mol. The molecule has 0 saturated carbocycles. The standard InChI is InChI=1S/C12H9FN2O3/c1-15-11(5-10(14-15)12(17)18)9-4-8(13)3-2-7(9)6-16/h2-6H,1H3,(H,17,18). The van der Waals surface area contributed by atoms with Crippen molar-refractivity contribution in [3.8, 4) is 11.3 Å². The van der Waals surface area contributed by atoms with E-state index in [1.807, 2.05) is 0 Å². The normalized spacial score (nSPS) is 10.3. The molecule has 0 fully saturated rings. The molecule has 2 rings (SSSR count). The lowest BCUT2D eigenvalue weighted by Crippen LogP contribution is -2.00. The Balaban J connectivity index is 2.64. The van der Waals surface area contributed by atoms with E-state index in [2.05, 4.69) is 5.10 Å². The lowest BCUT2D eigenvalue weighted by Gasteiger charge is -2.04. The van der Waals surface area contributed by atoms with Crippen molar-refractivity contribution in [2.24, 2.45) is 7.05 Å². The summed E-state index contributed by atoms with van der Waals surface area (Å²) in [4.78, 5) is 21.7. The largest absolute Gasteiger partial charge is 0.476 e. The highest BCUT2D eigenvalue weighted by atomic mass is 19.1. The average Bonchev–Trinajstić information content (AvgIpc) is 2.71. The minimum atomic E-state index is -1.18. The molecule has 1 N–H and O–H groups in total. The zero-order valence-electron chi connectivity index (χ0n) is 9.42. The Morgan fingerprint density at radius 3 is 2.72 bits per heavy atom. The fraction of sp³-hybridized carbons (Fsp3) is 0.0833. The van der Waals surface area contributed by atoms with Crippen molar-refractivity contribution in [2.75, 3.05) is 0 Å². The first-order valence-corrected chi connectivity index (χ1v) is 5.05. The summed E-state index contributed by atoms with van der Waals surface area (Å²) in [6.45, 7) is 0. The number of aromatic nitrogens is 2. The van der Waals surface area contributed by atoms with Gasteiger partial charge in [-0.2, -0.15) is 5.10 Å². The molecule has 0 atom stereocenters. The molecule has 18 heavy (non-hydrogen) atoms. The summed E-state index contributed by atoms with van der Waals surface area (Å²) in [5.74, 6) is -1.69. The number of halogens is 1. The van der Waals surface area contributed by atoms with Crippen LogP contribution in [0.5, 0.6) is 0 Å². The third-order valence-electron chi connectivity index (χ3n) is 2.52. The molecular formula is C12H9FN2O3. The van der Waals surface area contributed by atoms with Gasteiger partial charge in [-0.3, -0.25) is 9.48 Å². The minimum Gasteiger partial charge on any atom is -0.476 e. The quantitative estimate of drug-likeness (QED) is 0.840. The molecule has 1 aromatic carbocycles. The van der Waals surface area contributed by atoms with Gasteiger partial charge in [-0.1, -0.05) is 0 Å². The van der Waals surface area contributed by atoms with Crippen LogP contribution in [0.1, 0.15) is 20.8 Å². The molecule has 0 spiro atoms. The van der Waals surface area contributed by atoms with E-state index in [0.717, 1.165) is 0 Å². The number of aryl methyl sites for hydroxylation is 1. The van der Waals surface area contributed by atoms with Gasteiger partial charge in [-0.25, -0.2) is 9.18 Å². The second-order valence-corrected chi connectivity index (χ2v) is 3.69. The topological polar surface area (TPSA) is 72.2 Å². The summed E-state index contributed by atoms with van der Waals surface area (Å²) in [6.07, 6.45) is 0.586. The highest BCUT2D eigenvalue weighted by molar-refractivity contribution is 5.90. The predicted octanol–water partition coefficient (Wildman–Crippen LogP) is 1.74. The molecule has 1 aromatic heterocycles. The first kappa shape index (κ1) is 12.0. The number of carboxylic acid groups (broad SMARTS) is 1. The van der Waals surface area contributed by atoms with Crippen LogP contribution in [0.4, 0.5) is 4.39 Å². The first-order chi connectivity index (χ1) is 8.52. The van der Waals surface area contributed by atoms with Crippen LogP contribution in [0.3, 0.4) is 0 Å². The number of hydrogen-bond donors (Lipinski definition) is 1. The molecule has 0 aliphatic heterocycles. The summed E-state index contributed by atoms with van der Waals surface area (Å²) in [7, 11) is 1.53. The van der Waals surface area contributed by atoms with Crippen LogP contribution in [0, 0.1) is 5.82 Å². The molecule has 5 nitrogen and oxygen atoms in total. The Morgan fingerprint density at radius 2 is 2.17 bits per heavy atom. The molecule has 0 amide bonds. The number of carboxylic acids is 1. The van der Waals surface area contributed by atoms with Gasteiger partial charge < -0.3 is 5.11 Å². The van der Waals surface area contributed by atoms with Gasteiger partial charge in [0.25, 0.3) is 0 Å². The molecular weight excluding hydrogens is 239 g/mol. The van der Waals surface area contributed by atoms with Crippen molar-refractivity contribution in [2.45, 2.75) is 0 Å². The van der Waals surface area contributed by atoms with Gasteiger partial charge in [0.1, 0.15) is 5.82 Å². The summed E-state index contributed by atoms with van der Waals surface area (Å²) in [6, 6.07) is 4.98. The third-order valence-corrected chi connectivity index (χ3v) is 2.52. The Labute approximate surface area is 101 Å². The van der Waals surface area contributed by atoms with Gasteiger partial charge in [-0.05, 0) is 24.3 Å². The van der Waals surface area contributed by atoms with E-state index in [1.54, 1.807) is 0 Å². The summed E-state index contributed by atoms with van der Waals surface area (Å²) in [5, 5.41) is 12.6. The van der Waals surface area contributed by atoms with Gasteiger partial charge >= 0.3 is 5.97 Å². The number of carbonyl (C=O) groups is 2. The highest BCUT2D eigenvalue weighted by Gasteiger charge is 2.15. The second-order valence-electron chi connectivity index (χ2n) is 3.69. The Bertz CT molecular complexity index is 634. The lowest BCUT2D eigenvalue weighted by atomic mass is 10.0. The SMILES string of the molecule is Cn1nc(C(=O)O)cc1-c1cc(F)ccc1C=O. The van der Waals surface area contributed by atoms with Crippen LogP contribution in [0.15, 0.2) is 24.3 Å². The van der Waals surface area contributed by atoms with Gasteiger partial charge in [0.2, 0.25) is 0 Å². The molecule has 0 bridgehead atoms. The number of nitrogens with zero attached hydrogens (tertiary/aromatic N) is 2. The number of aromatic carboxylic acids is 1.